The van der Waals surface area contributed by atoms with Gasteiger partial charge in [0.05, 0.1) is 6.10 Å². The maximum atomic E-state index is 12.8. The van der Waals surface area contributed by atoms with Crippen molar-refractivity contribution >= 4 is 5.91 Å². The minimum atomic E-state index is 0.0916. The number of hydrogen-bond acceptors (Lipinski definition) is 3. The van der Waals surface area contributed by atoms with E-state index in [9.17, 15) is 9.59 Å². The molecule has 0 N–H and O–H groups in total. The molecule has 24 heavy (non-hydrogen) atoms. The summed E-state index contributed by atoms with van der Waals surface area (Å²) in [4.78, 5) is 26.9. The Kier molecular flexibility index (Phi) is 4.21. The molecule has 5 heteroatoms. The van der Waals surface area contributed by atoms with E-state index in [1.54, 1.807) is 6.07 Å². The minimum absolute atomic E-state index is 0.0916. The van der Waals surface area contributed by atoms with E-state index >= 15 is 0 Å². The molecule has 3 aliphatic rings. The molecule has 2 bridgehead atoms. The van der Waals surface area contributed by atoms with Gasteiger partial charge in [-0.25, -0.2) is 0 Å². The van der Waals surface area contributed by atoms with Gasteiger partial charge in [-0.15, -0.1) is 0 Å². The first-order valence-corrected chi connectivity index (χ1v) is 9.21. The van der Waals surface area contributed by atoms with Gasteiger partial charge in [-0.1, -0.05) is 13.0 Å². The van der Waals surface area contributed by atoms with E-state index in [0.29, 0.717) is 18.3 Å². The first-order valence-electron chi connectivity index (χ1n) is 9.21. The molecule has 0 spiro atoms. The summed E-state index contributed by atoms with van der Waals surface area (Å²) in [6, 6.07) is 5.52. The smallest absolute Gasteiger partial charge is 0.250 e. The number of nitrogens with zero attached hydrogens (tertiary/aromatic N) is 2. The van der Waals surface area contributed by atoms with E-state index in [1.165, 1.54) is 0 Å². The van der Waals surface area contributed by atoms with Crippen molar-refractivity contribution in [2.75, 3.05) is 19.7 Å². The molecule has 1 aromatic rings. The summed E-state index contributed by atoms with van der Waals surface area (Å²) < 4.78 is 7.64. The van der Waals surface area contributed by atoms with E-state index in [1.807, 2.05) is 21.6 Å². The second kappa shape index (κ2) is 6.36. The van der Waals surface area contributed by atoms with E-state index in [0.717, 1.165) is 51.2 Å². The molecule has 1 aromatic heterocycles. The van der Waals surface area contributed by atoms with Crippen molar-refractivity contribution < 1.29 is 9.53 Å². The van der Waals surface area contributed by atoms with Crippen molar-refractivity contribution in [1.82, 2.24) is 9.47 Å². The van der Waals surface area contributed by atoms with Crippen LogP contribution >= 0.6 is 0 Å². The number of likely N-dealkylation sites (tertiary alicyclic amines) is 1. The molecule has 130 valence electrons. The first kappa shape index (κ1) is 15.9. The van der Waals surface area contributed by atoms with Gasteiger partial charge in [0.1, 0.15) is 0 Å². The Balaban J connectivity index is 1.45. The van der Waals surface area contributed by atoms with Crippen LogP contribution in [0.15, 0.2) is 23.0 Å². The number of pyridine rings is 1. The van der Waals surface area contributed by atoms with Crippen LogP contribution in [0.1, 0.15) is 44.2 Å². The summed E-state index contributed by atoms with van der Waals surface area (Å²) in [6.07, 6.45) is 4.11. The Morgan fingerprint density at radius 2 is 2.21 bits per heavy atom. The van der Waals surface area contributed by atoms with Gasteiger partial charge in [0.25, 0.3) is 5.56 Å². The van der Waals surface area contributed by atoms with Gasteiger partial charge in [0, 0.05) is 50.3 Å². The first-order chi connectivity index (χ1) is 11.6. The van der Waals surface area contributed by atoms with Gasteiger partial charge in [-0.3, -0.25) is 9.59 Å². The quantitative estimate of drug-likeness (QED) is 0.852. The molecule has 0 radical (unpaired) electrons. The average Bonchev–Trinajstić information content (AvgIpc) is 3.10. The molecule has 2 fully saturated rings. The molecular weight excluding hydrogens is 304 g/mol. The van der Waals surface area contributed by atoms with Gasteiger partial charge < -0.3 is 14.2 Å². The molecule has 0 aliphatic carbocycles. The zero-order chi connectivity index (χ0) is 16.7. The molecule has 3 aliphatic heterocycles. The second-order valence-corrected chi connectivity index (χ2v) is 7.73. The van der Waals surface area contributed by atoms with Gasteiger partial charge in [0.2, 0.25) is 5.91 Å². The van der Waals surface area contributed by atoms with Crippen LogP contribution < -0.4 is 5.56 Å². The molecule has 4 heterocycles. The number of rotatable bonds is 3. The van der Waals surface area contributed by atoms with Gasteiger partial charge in [-0.05, 0) is 37.2 Å². The van der Waals surface area contributed by atoms with E-state index in [4.69, 9.17) is 4.74 Å². The number of aromatic nitrogens is 1. The molecular formula is C19H26N2O3. The average molecular weight is 330 g/mol. The van der Waals surface area contributed by atoms with Crippen molar-refractivity contribution in [3.8, 4) is 0 Å². The molecule has 4 rings (SSSR count). The highest BCUT2D eigenvalue weighted by Gasteiger charge is 2.37. The second-order valence-electron chi connectivity index (χ2n) is 7.73. The van der Waals surface area contributed by atoms with Crippen molar-refractivity contribution in [3.05, 3.63) is 34.2 Å². The van der Waals surface area contributed by atoms with E-state index in [2.05, 4.69) is 6.92 Å². The van der Waals surface area contributed by atoms with Gasteiger partial charge in [0.15, 0.2) is 0 Å². The van der Waals surface area contributed by atoms with Crippen molar-refractivity contribution in [2.24, 2.45) is 11.8 Å². The third-order valence-corrected chi connectivity index (χ3v) is 5.93. The lowest BCUT2D eigenvalue weighted by Gasteiger charge is -2.43. The molecule has 0 aromatic carbocycles. The Hall–Kier alpha value is -1.62. The Morgan fingerprint density at radius 1 is 1.33 bits per heavy atom. The summed E-state index contributed by atoms with van der Waals surface area (Å²) in [5.41, 5.74) is 1.19. The molecule has 5 nitrogen and oxygen atoms in total. The van der Waals surface area contributed by atoms with Crippen LogP contribution in [-0.2, 0) is 16.1 Å². The third kappa shape index (κ3) is 2.90. The normalized spacial score (nSPS) is 30.0. The van der Waals surface area contributed by atoms with Crippen molar-refractivity contribution in [1.29, 1.82) is 0 Å². The molecule has 1 amide bonds. The molecule has 4 atom stereocenters. The Bertz CT molecular complexity index is 677. The largest absolute Gasteiger partial charge is 0.378 e. The lowest BCUT2D eigenvalue weighted by molar-refractivity contribution is -0.135. The summed E-state index contributed by atoms with van der Waals surface area (Å²) in [5.74, 6) is 1.24. The van der Waals surface area contributed by atoms with Crippen LogP contribution in [0.5, 0.6) is 0 Å². The number of hydrogen-bond donors (Lipinski definition) is 0. The Morgan fingerprint density at radius 3 is 3.00 bits per heavy atom. The van der Waals surface area contributed by atoms with Gasteiger partial charge in [-0.2, -0.15) is 0 Å². The van der Waals surface area contributed by atoms with Crippen LogP contribution in [0, 0.1) is 11.8 Å². The summed E-state index contributed by atoms with van der Waals surface area (Å²) in [6.45, 7) is 5.25. The number of amides is 1. The fraction of sp³-hybridized carbons (Fsp3) is 0.684. The molecule has 2 saturated heterocycles. The topological polar surface area (TPSA) is 51.5 Å². The zero-order valence-corrected chi connectivity index (χ0v) is 14.3. The highest BCUT2D eigenvalue weighted by atomic mass is 16.5. The van der Waals surface area contributed by atoms with Crippen LogP contribution in [0.25, 0.3) is 0 Å². The third-order valence-electron chi connectivity index (χ3n) is 5.93. The SMILES string of the molecule is C[C@@H](CC(=O)N1C[C@@H]2C[C@H](C1)c1cccc(=O)n1C2)[C@H]1CCCO1. The maximum Gasteiger partial charge on any atom is 0.250 e. The maximum absolute atomic E-state index is 12.8. The highest BCUT2D eigenvalue weighted by Crippen LogP contribution is 2.35. The monoisotopic (exact) mass is 330 g/mol. The Labute approximate surface area is 142 Å². The highest BCUT2D eigenvalue weighted by molar-refractivity contribution is 5.76. The van der Waals surface area contributed by atoms with Crippen LogP contribution in [-0.4, -0.2) is 41.2 Å². The number of piperidine rings is 1. The minimum Gasteiger partial charge on any atom is -0.378 e. The fourth-order valence-corrected chi connectivity index (χ4v) is 4.69. The van der Waals surface area contributed by atoms with Crippen molar-refractivity contribution in [2.45, 2.75) is 51.2 Å². The van der Waals surface area contributed by atoms with Crippen molar-refractivity contribution in [3.63, 3.8) is 0 Å². The number of carbonyl (C=O) groups is 1. The number of ether oxygens (including phenoxy) is 1. The lowest BCUT2D eigenvalue weighted by atomic mass is 9.82. The van der Waals surface area contributed by atoms with Crippen LogP contribution in [0.3, 0.4) is 0 Å². The molecule has 0 unspecified atom stereocenters. The summed E-state index contributed by atoms with van der Waals surface area (Å²) in [7, 11) is 0. The predicted octanol–water partition coefficient (Wildman–Crippen LogP) is 2.00. The molecule has 0 saturated carbocycles. The van der Waals surface area contributed by atoms with E-state index in [-0.39, 0.29) is 23.5 Å². The van der Waals surface area contributed by atoms with Crippen LogP contribution in [0.4, 0.5) is 0 Å². The lowest BCUT2D eigenvalue weighted by Crippen LogP contribution is -2.49. The van der Waals surface area contributed by atoms with Crippen LogP contribution in [0.2, 0.25) is 0 Å². The summed E-state index contributed by atoms with van der Waals surface area (Å²) in [5, 5.41) is 0. The van der Waals surface area contributed by atoms with Gasteiger partial charge >= 0.3 is 0 Å². The fourth-order valence-electron chi connectivity index (χ4n) is 4.69. The van der Waals surface area contributed by atoms with E-state index < -0.39 is 0 Å². The number of fused-ring (bicyclic) bond motifs is 4. The number of carbonyl (C=O) groups excluding carboxylic acids is 1. The zero-order valence-electron chi connectivity index (χ0n) is 14.3. The summed E-state index contributed by atoms with van der Waals surface area (Å²) >= 11 is 0. The standard InChI is InChI=1S/C19H26N2O3/c1-13(17-5-3-7-24-17)8-19(23)20-10-14-9-15(12-20)16-4-2-6-18(22)21(16)11-14/h2,4,6,13-15,17H,3,5,7-12H2,1H3/t13-,14-,15+,17+/m0/s1. The predicted molar refractivity (Wildman–Crippen MR) is 90.9 cm³/mol.